The van der Waals surface area contributed by atoms with Crippen LogP contribution >= 0.6 is 0 Å². The zero-order chi connectivity index (χ0) is 12.7. The smallest absolute Gasteiger partial charge is 0.0547 e. The highest BCUT2D eigenvalue weighted by Crippen LogP contribution is 2.19. The first kappa shape index (κ1) is 13.8. The van der Waals surface area contributed by atoms with E-state index in [0.717, 1.165) is 37.3 Å². The molecule has 96 valence electrons. The van der Waals surface area contributed by atoms with Crippen LogP contribution in [0.15, 0.2) is 18.5 Å². The molecule has 0 fully saturated rings. The molecular formula is C14H25N3. The maximum Gasteiger partial charge on any atom is 0.0547 e. The Labute approximate surface area is 105 Å². The van der Waals surface area contributed by atoms with Crippen LogP contribution in [-0.4, -0.2) is 18.1 Å². The Kier molecular flexibility index (Phi) is 5.26. The fourth-order valence-corrected chi connectivity index (χ4v) is 1.48. The van der Waals surface area contributed by atoms with E-state index >= 15 is 0 Å². The summed E-state index contributed by atoms with van der Waals surface area (Å²) in [5.74, 6) is 0. The largest absolute Gasteiger partial charge is 0.384 e. The number of hydrogen-bond donors (Lipinski definition) is 2. The van der Waals surface area contributed by atoms with Gasteiger partial charge < -0.3 is 10.6 Å². The molecular weight excluding hydrogens is 210 g/mol. The lowest BCUT2D eigenvalue weighted by molar-refractivity contribution is 0.390. The number of nitrogens with zero attached hydrogens (tertiary/aromatic N) is 1. The van der Waals surface area contributed by atoms with Gasteiger partial charge in [0.05, 0.1) is 23.8 Å². The second-order valence-corrected chi connectivity index (χ2v) is 5.63. The van der Waals surface area contributed by atoms with Gasteiger partial charge in [-0.1, -0.05) is 27.7 Å². The van der Waals surface area contributed by atoms with Crippen molar-refractivity contribution in [2.45, 2.75) is 40.5 Å². The average Bonchev–Trinajstić information content (AvgIpc) is 2.25. The maximum absolute atomic E-state index is 4.23. The molecule has 3 heteroatoms. The van der Waals surface area contributed by atoms with Crippen LogP contribution in [0.1, 0.15) is 40.5 Å². The van der Waals surface area contributed by atoms with Gasteiger partial charge in [-0.05, 0) is 24.3 Å². The summed E-state index contributed by atoms with van der Waals surface area (Å²) >= 11 is 0. The first-order chi connectivity index (χ1) is 8.01. The molecule has 3 nitrogen and oxygen atoms in total. The van der Waals surface area contributed by atoms with Crippen molar-refractivity contribution in [3.8, 4) is 0 Å². The lowest BCUT2D eigenvalue weighted by Gasteiger charge is -2.18. The Morgan fingerprint density at radius 3 is 2.18 bits per heavy atom. The summed E-state index contributed by atoms with van der Waals surface area (Å²) in [5, 5.41) is 6.75. The van der Waals surface area contributed by atoms with Crippen LogP contribution in [0.2, 0.25) is 0 Å². The van der Waals surface area contributed by atoms with Gasteiger partial charge in [0.2, 0.25) is 0 Å². The third-order valence-electron chi connectivity index (χ3n) is 2.52. The summed E-state index contributed by atoms with van der Waals surface area (Å²) in [6.45, 7) is 10.9. The topological polar surface area (TPSA) is 37.0 Å². The first-order valence-electron chi connectivity index (χ1n) is 6.44. The molecule has 0 aromatic carbocycles. The van der Waals surface area contributed by atoms with E-state index < -0.39 is 0 Å². The van der Waals surface area contributed by atoms with Crippen LogP contribution in [0, 0.1) is 5.41 Å². The summed E-state index contributed by atoms with van der Waals surface area (Å²) < 4.78 is 0. The molecule has 1 aromatic rings. The number of anilines is 2. The van der Waals surface area contributed by atoms with Crippen molar-refractivity contribution in [2.24, 2.45) is 5.41 Å². The molecule has 0 unspecified atom stereocenters. The summed E-state index contributed by atoms with van der Waals surface area (Å²) in [7, 11) is 0. The molecule has 2 N–H and O–H groups in total. The van der Waals surface area contributed by atoms with E-state index in [1.165, 1.54) is 0 Å². The maximum atomic E-state index is 4.23. The number of rotatable bonds is 6. The summed E-state index contributed by atoms with van der Waals surface area (Å²) in [6, 6.07) is 2.12. The Morgan fingerprint density at radius 2 is 1.65 bits per heavy atom. The van der Waals surface area contributed by atoms with Crippen LogP contribution in [0.5, 0.6) is 0 Å². The molecule has 0 aliphatic heterocycles. The molecule has 0 radical (unpaired) electrons. The van der Waals surface area contributed by atoms with Gasteiger partial charge in [0, 0.05) is 13.1 Å². The van der Waals surface area contributed by atoms with E-state index in [1.807, 2.05) is 12.4 Å². The molecule has 0 aliphatic rings. The number of hydrogen-bond acceptors (Lipinski definition) is 3. The second-order valence-electron chi connectivity index (χ2n) is 5.63. The SMILES string of the molecule is CCCNc1cncc(NCCC(C)(C)C)c1. The van der Waals surface area contributed by atoms with Gasteiger partial charge in [0.1, 0.15) is 0 Å². The Bertz CT molecular complexity index is 328. The standard InChI is InChI=1S/C14H25N3/c1-5-7-16-12-9-13(11-15-10-12)17-8-6-14(2,3)4/h9-11,16-17H,5-8H2,1-4H3. The van der Waals surface area contributed by atoms with Crippen molar-refractivity contribution in [3.63, 3.8) is 0 Å². The molecule has 0 saturated carbocycles. The lowest BCUT2D eigenvalue weighted by atomic mass is 9.92. The van der Waals surface area contributed by atoms with Crippen molar-refractivity contribution >= 4 is 11.4 Å². The number of aromatic nitrogens is 1. The van der Waals surface area contributed by atoms with E-state index in [9.17, 15) is 0 Å². The molecule has 17 heavy (non-hydrogen) atoms. The predicted molar refractivity (Wildman–Crippen MR) is 75.6 cm³/mol. The monoisotopic (exact) mass is 235 g/mol. The third-order valence-corrected chi connectivity index (χ3v) is 2.52. The Hall–Kier alpha value is -1.25. The molecule has 0 atom stereocenters. The predicted octanol–water partition coefficient (Wildman–Crippen LogP) is 3.75. The highest BCUT2D eigenvalue weighted by molar-refractivity contribution is 5.53. The van der Waals surface area contributed by atoms with Crippen molar-refractivity contribution in [1.82, 2.24) is 4.98 Å². The quantitative estimate of drug-likeness (QED) is 0.788. The van der Waals surface area contributed by atoms with Crippen molar-refractivity contribution in [2.75, 3.05) is 23.7 Å². The average molecular weight is 235 g/mol. The molecule has 0 amide bonds. The van der Waals surface area contributed by atoms with Gasteiger partial charge in [-0.15, -0.1) is 0 Å². The molecule has 0 saturated heterocycles. The van der Waals surface area contributed by atoms with E-state index in [-0.39, 0.29) is 0 Å². The van der Waals surface area contributed by atoms with Crippen LogP contribution in [0.4, 0.5) is 11.4 Å². The number of nitrogens with one attached hydrogen (secondary N) is 2. The zero-order valence-corrected chi connectivity index (χ0v) is 11.5. The molecule has 1 heterocycles. The fraction of sp³-hybridized carbons (Fsp3) is 0.643. The van der Waals surface area contributed by atoms with E-state index in [1.54, 1.807) is 0 Å². The van der Waals surface area contributed by atoms with Gasteiger partial charge in [0.25, 0.3) is 0 Å². The normalized spacial score (nSPS) is 11.3. The van der Waals surface area contributed by atoms with E-state index in [0.29, 0.717) is 5.41 Å². The van der Waals surface area contributed by atoms with Gasteiger partial charge >= 0.3 is 0 Å². The summed E-state index contributed by atoms with van der Waals surface area (Å²) in [5.41, 5.74) is 2.56. The van der Waals surface area contributed by atoms with E-state index in [4.69, 9.17) is 0 Å². The third kappa shape index (κ3) is 6.15. The first-order valence-corrected chi connectivity index (χ1v) is 6.44. The Morgan fingerprint density at radius 1 is 1.06 bits per heavy atom. The van der Waals surface area contributed by atoms with Gasteiger partial charge in [0.15, 0.2) is 0 Å². The van der Waals surface area contributed by atoms with Crippen LogP contribution in [-0.2, 0) is 0 Å². The van der Waals surface area contributed by atoms with Crippen molar-refractivity contribution < 1.29 is 0 Å². The minimum absolute atomic E-state index is 0.374. The Balaban J connectivity index is 2.43. The number of pyridine rings is 1. The van der Waals surface area contributed by atoms with Crippen molar-refractivity contribution in [3.05, 3.63) is 18.5 Å². The van der Waals surface area contributed by atoms with Crippen LogP contribution in [0.25, 0.3) is 0 Å². The fourth-order valence-electron chi connectivity index (χ4n) is 1.48. The highest BCUT2D eigenvalue weighted by atomic mass is 14.9. The van der Waals surface area contributed by atoms with Crippen molar-refractivity contribution in [1.29, 1.82) is 0 Å². The summed E-state index contributed by atoms with van der Waals surface area (Å²) in [4.78, 5) is 4.23. The molecule has 1 rings (SSSR count). The zero-order valence-electron chi connectivity index (χ0n) is 11.5. The highest BCUT2D eigenvalue weighted by Gasteiger charge is 2.08. The minimum Gasteiger partial charge on any atom is -0.384 e. The molecule has 0 aliphatic carbocycles. The van der Waals surface area contributed by atoms with Gasteiger partial charge in [-0.25, -0.2) is 0 Å². The molecule has 1 aromatic heterocycles. The van der Waals surface area contributed by atoms with E-state index in [2.05, 4.69) is 49.4 Å². The second kappa shape index (κ2) is 6.48. The van der Waals surface area contributed by atoms with Gasteiger partial charge in [-0.3, -0.25) is 4.98 Å². The summed E-state index contributed by atoms with van der Waals surface area (Å²) in [6.07, 6.45) is 6.02. The molecule has 0 spiro atoms. The minimum atomic E-state index is 0.374. The van der Waals surface area contributed by atoms with Crippen LogP contribution < -0.4 is 10.6 Å². The van der Waals surface area contributed by atoms with Crippen LogP contribution in [0.3, 0.4) is 0 Å². The van der Waals surface area contributed by atoms with Gasteiger partial charge in [-0.2, -0.15) is 0 Å². The lowest BCUT2D eigenvalue weighted by Crippen LogP contribution is -2.13. The molecule has 0 bridgehead atoms.